The summed E-state index contributed by atoms with van der Waals surface area (Å²) < 4.78 is 11.5. The number of ether oxygens (including phenoxy) is 2. The van der Waals surface area contributed by atoms with Gasteiger partial charge in [0.2, 0.25) is 0 Å². The number of amides is 1. The van der Waals surface area contributed by atoms with Gasteiger partial charge in [-0.2, -0.15) is 0 Å². The highest BCUT2D eigenvalue weighted by Crippen LogP contribution is 2.46. The fourth-order valence-corrected chi connectivity index (χ4v) is 5.75. The Morgan fingerprint density at radius 2 is 1.81 bits per heavy atom. The van der Waals surface area contributed by atoms with E-state index < -0.39 is 0 Å². The maximum absolute atomic E-state index is 12.9. The Morgan fingerprint density at radius 1 is 1.09 bits per heavy atom. The first-order chi connectivity index (χ1) is 15.4. The molecule has 3 aliphatic heterocycles. The van der Waals surface area contributed by atoms with Crippen LogP contribution in [0, 0.1) is 11.3 Å². The van der Waals surface area contributed by atoms with Gasteiger partial charge in [0.1, 0.15) is 11.9 Å². The Labute approximate surface area is 191 Å². The van der Waals surface area contributed by atoms with Crippen LogP contribution in [0.1, 0.15) is 50.8 Å². The zero-order valence-electron chi connectivity index (χ0n) is 19.4. The molecule has 5 nitrogen and oxygen atoms in total. The Balaban J connectivity index is 1.30. The highest BCUT2D eigenvalue weighted by atomic mass is 16.6. The fraction of sp³-hybridized carbons (Fsp3) is 0.519. The minimum atomic E-state index is -0.273. The van der Waals surface area contributed by atoms with Crippen LogP contribution in [0.3, 0.4) is 0 Å². The molecule has 0 radical (unpaired) electrons. The van der Waals surface area contributed by atoms with E-state index in [-0.39, 0.29) is 23.7 Å². The lowest BCUT2D eigenvalue weighted by atomic mass is 9.85. The quantitative estimate of drug-likeness (QED) is 0.703. The van der Waals surface area contributed by atoms with Gasteiger partial charge >= 0.3 is 6.09 Å². The van der Waals surface area contributed by atoms with Crippen LogP contribution < -0.4 is 10.1 Å². The van der Waals surface area contributed by atoms with E-state index in [4.69, 9.17) is 9.47 Å². The first kappa shape index (κ1) is 21.3. The molecular formula is C27H34N2O3. The number of hydrogen-bond donors (Lipinski definition) is 1. The van der Waals surface area contributed by atoms with Crippen molar-refractivity contribution >= 4 is 6.09 Å². The van der Waals surface area contributed by atoms with Crippen LogP contribution >= 0.6 is 0 Å². The van der Waals surface area contributed by atoms with E-state index in [1.807, 2.05) is 19.1 Å². The third-order valence-electron chi connectivity index (χ3n) is 7.50. The molecule has 2 aromatic carbocycles. The third kappa shape index (κ3) is 4.11. The number of fused-ring (bicyclic) bond motifs is 4. The average Bonchev–Trinajstić information content (AvgIpc) is 3.04. The van der Waals surface area contributed by atoms with Crippen LogP contribution in [0.25, 0.3) is 11.1 Å². The minimum absolute atomic E-state index is 0.0310. The van der Waals surface area contributed by atoms with Gasteiger partial charge in [-0.05, 0) is 85.0 Å². The van der Waals surface area contributed by atoms with Crippen LogP contribution in [0.4, 0.5) is 4.79 Å². The van der Waals surface area contributed by atoms with Gasteiger partial charge in [-0.1, -0.05) is 44.2 Å². The molecule has 2 atom stereocenters. The zero-order valence-corrected chi connectivity index (χ0v) is 19.4. The van der Waals surface area contributed by atoms with Crippen LogP contribution in [0.5, 0.6) is 5.75 Å². The topological polar surface area (TPSA) is 50.8 Å². The van der Waals surface area contributed by atoms with E-state index in [0.717, 1.165) is 44.6 Å². The van der Waals surface area contributed by atoms with Gasteiger partial charge < -0.3 is 14.8 Å². The number of alkyl carbamates (subject to hydrolysis) is 1. The molecule has 0 saturated carbocycles. The maximum Gasteiger partial charge on any atom is 0.407 e. The van der Waals surface area contributed by atoms with Crippen molar-refractivity contribution in [2.45, 2.75) is 52.2 Å². The summed E-state index contributed by atoms with van der Waals surface area (Å²) in [5.74, 6) is 1.41. The maximum atomic E-state index is 12.9. The van der Waals surface area contributed by atoms with Crippen LogP contribution in [-0.2, 0) is 11.2 Å². The van der Waals surface area contributed by atoms with Crippen molar-refractivity contribution in [3.8, 4) is 16.9 Å². The lowest BCUT2D eigenvalue weighted by Crippen LogP contribution is -2.53. The van der Waals surface area contributed by atoms with Crippen LogP contribution in [0.15, 0.2) is 42.5 Å². The van der Waals surface area contributed by atoms with E-state index in [1.165, 1.54) is 22.3 Å². The Bertz CT molecular complexity index is 977. The van der Waals surface area contributed by atoms with E-state index in [1.54, 1.807) is 0 Å². The molecule has 3 heterocycles. The predicted octanol–water partition coefficient (Wildman–Crippen LogP) is 5.20. The molecule has 2 bridgehead atoms. The summed E-state index contributed by atoms with van der Waals surface area (Å²) in [5.41, 5.74) is 4.81. The number of carbonyl (C=O) groups is 1. The molecule has 6 rings (SSSR count). The van der Waals surface area contributed by atoms with Crippen LogP contribution in [0.2, 0.25) is 0 Å². The lowest BCUT2D eigenvalue weighted by Gasteiger charge is -2.44. The molecule has 0 aromatic heterocycles. The molecule has 3 fully saturated rings. The molecule has 170 valence electrons. The zero-order chi connectivity index (χ0) is 22.3. The second kappa shape index (κ2) is 8.43. The number of benzene rings is 2. The van der Waals surface area contributed by atoms with Gasteiger partial charge in [-0.15, -0.1) is 0 Å². The second-order valence-corrected chi connectivity index (χ2v) is 10.2. The largest absolute Gasteiger partial charge is 0.494 e. The lowest BCUT2D eigenvalue weighted by molar-refractivity contribution is -0.0348. The molecule has 32 heavy (non-hydrogen) atoms. The smallest absolute Gasteiger partial charge is 0.407 e. The predicted molar refractivity (Wildman–Crippen MR) is 126 cm³/mol. The average molecular weight is 435 g/mol. The van der Waals surface area contributed by atoms with Crippen LogP contribution in [-0.4, -0.2) is 43.3 Å². The second-order valence-electron chi connectivity index (χ2n) is 10.2. The van der Waals surface area contributed by atoms with E-state index in [9.17, 15) is 4.79 Å². The fourth-order valence-electron chi connectivity index (χ4n) is 5.75. The SMILES string of the molecule is CCOc1ccc(-c2ccc3c(c2)CC(C)(C)[C@H]3NC(=O)O[C@@H]2CN3CCC2CC3)cc1. The van der Waals surface area contributed by atoms with Crippen molar-refractivity contribution in [1.82, 2.24) is 10.2 Å². The summed E-state index contributed by atoms with van der Waals surface area (Å²) in [7, 11) is 0. The van der Waals surface area contributed by atoms with Gasteiger partial charge in [0.15, 0.2) is 0 Å². The number of piperidine rings is 3. The van der Waals surface area contributed by atoms with Gasteiger partial charge in [-0.25, -0.2) is 4.79 Å². The Morgan fingerprint density at radius 3 is 2.47 bits per heavy atom. The number of nitrogens with zero attached hydrogens (tertiary/aromatic N) is 1. The van der Waals surface area contributed by atoms with E-state index in [0.29, 0.717) is 12.5 Å². The van der Waals surface area contributed by atoms with Gasteiger partial charge in [0, 0.05) is 6.54 Å². The minimum Gasteiger partial charge on any atom is -0.494 e. The molecule has 3 saturated heterocycles. The van der Waals surface area contributed by atoms with Crippen molar-refractivity contribution in [3.05, 3.63) is 53.6 Å². The molecule has 0 unspecified atom stereocenters. The Hall–Kier alpha value is -2.53. The third-order valence-corrected chi connectivity index (χ3v) is 7.50. The number of hydrogen-bond acceptors (Lipinski definition) is 4. The first-order valence-electron chi connectivity index (χ1n) is 12.0. The molecule has 1 amide bonds. The standard InChI is InChI=1S/C27H34N2O3/c1-4-31-22-8-5-18(6-9-22)20-7-10-23-21(15-20)16-27(2,3)25(23)28-26(30)32-24-17-29-13-11-19(24)12-14-29/h5-10,15,19,24-25H,4,11-14,16-17H2,1-3H3,(H,28,30)/t24-,25+/m1/s1. The summed E-state index contributed by atoms with van der Waals surface area (Å²) >= 11 is 0. The Kier molecular flexibility index (Phi) is 5.62. The van der Waals surface area contributed by atoms with E-state index >= 15 is 0 Å². The molecular weight excluding hydrogens is 400 g/mol. The number of nitrogens with one attached hydrogen (secondary N) is 1. The highest BCUT2D eigenvalue weighted by Gasteiger charge is 2.42. The molecule has 1 aliphatic carbocycles. The summed E-state index contributed by atoms with van der Waals surface area (Å²) in [6.07, 6.45) is 2.97. The van der Waals surface area contributed by atoms with Crippen molar-refractivity contribution in [2.24, 2.45) is 11.3 Å². The summed E-state index contributed by atoms with van der Waals surface area (Å²) in [5, 5.41) is 3.22. The molecule has 5 heteroatoms. The van der Waals surface area contributed by atoms with Gasteiger partial charge in [-0.3, -0.25) is 4.90 Å². The highest BCUT2D eigenvalue weighted by molar-refractivity contribution is 5.70. The number of carbonyl (C=O) groups excluding carboxylic acids is 1. The van der Waals surface area contributed by atoms with Gasteiger partial charge in [0.25, 0.3) is 0 Å². The van der Waals surface area contributed by atoms with Crippen molar-refractivity contribution < 1.29 is 14.3 Å². The summed E-state index contributed by atoms with van der Waals surface area (Å²) in [4.78, 5) is 15.3. The van der Waals surface area contributed by atoms with Gasteiger partial charge in [0.05, 0.1) is 12.6 Å². The summed E-state index contributed by atoms with van der Waals surface area (Å²) in [6, 6.07) is 14.8. The molecule has 0 spiro atoms. The first-order valence-corrected chi connectivity index (χ1v) is 12.0. The molecule has 4 aliphatic rings. The van der Waals surface area contributed by atoms with Crippen molar-refractivity contribution in [2.75, 3.05) is 26.2 Å². The normalized spacial score (nSPS) is 27.6. The number of rotatable bonds is 5. The van der Waals surface area contributed by atoms with Crippen molar-refractivity contribution in [3.63, 3.8) is 0 Å². The summed E-state index contributed by atoms with van der Waals surface area (Å²) in [6.45, 7) is 10.3. The molecule has 1 N–H and O–H groups in total. The monoisotopic (exact) mass is 434 g/mol. The van der Waals surface area contributed by atoms with E-state index in [2.05, 4.69) is 54.4 Å². The molecule has 2 aromatic rings. The van der Waals surface area contributed by atoms with Crippen molar-refractivity contribution in [1.29, 1.82) is 0 Å².